The maximum atomic E-state index is 12.9. The molecule has 0 aromatic carbocycles. The molecule has 1 rings (SSSR count). The van der Waals surface area contributed by atoms with Gasteiger partial charge in [0.25, 0.3) is 0 Å². The molecule has 0 spiro atoms. The van der Waals surface area contributed by atoms with E-state index in [0.29, 0.717) is 12.8 Å². The summed E-state index contributed by atoms with van der Waals surface area (Å²) in [5.41, 5.74) is 0. The largest absolute Gasteiger partial charge is 0.394 e. The highest BCUT2D eigenvalue weighted by molar-refractivity contribution is 5.76. The van der Waals surface area contributed by atoms with Gasteiger partial charge < -0.3 is 40.3 Å². The van der Waals surface area contributed by atoms with Crippen molar-refractivity contribution in [2.75, 3.05) is 13.2 Å². The molecule has 1 heterocycles. The monoisotopic (exact) mass is 748 g/mol. The van der Waals surface area contributed by atoms with Gasteiger partial charge in [-0.1, -0.05) is 158 Å². The van der Waals surface area contributed by atoms with E-state index in [2.05, 4.69) is 79.9 Å². The molecule has 0 aromatic heterocycles. The predicted molar refractivity (Wildman–Crippen MR) is 216 cm³/mol. The zero-order valence-electron chi connectivity index (χ0n) is 33.2. The van der Waals surface area contributed by atoms with Crippen molar-refractivity contribution in [1.82, 2.24) is 5.32 Å². The molecule has 0 aliphatic carbocycles. The van der Waals surface area contributed by atoms with E-state index in [4.69, 9.17) is 9.47 Å². The van der Waals surface area contributed by atoms with Crippen LogP contribution in [0.5, 0.6) is 0 Å². The van der Waals surface area contributed by atoms with Gasteiger partial charge in [-0.05, 0) is 51.4 Å². The predicted octanol–water partition coefficient (Wildman–Crippen LogP) is 8.05. The summed E-state index contributed by atoms with van der Waals surface area (Å²) < 4.78 is 11.2. The van der Waals surface area contributed by atoms with Gasteiger partial charge in [-0.2, -0.15) is 0 Å². The first-order chi connectivity index (χ1) is 25.8. The van der Waals surface area contributed by atoms with Crippen LogP contribution in [0.3, 0.4) is 0 Å². The van der Waals surface area contributed by atoms with E-state index >= 15 is 0 Å². The molecule has 1 fully saturated rings. The third-order valence-electron chi connectivity index (χ3n) is 9.64. The molecule has 0 bridgehead atoms. The highest BCUT2D eigenvalue weighted by atomic mass is 16.7. The van der Waals surface area contributed by atoms with Crippen LogP contribution in [0, 0.1) is 0 Å². The number of carbonyl (C=O) groups is 1. The molecule has 0 radical (unpaired) electrons. The van der Waals surface area contributed by atoms with Crippen molar-refractivity contribution in [2.45, 2.75) is 198 Å². The molecule has 53 heavy (non-hydrogen) atoms. The second-order valence-electron chi connectivity index (χ2n) is 14.4. The Morgan fingerprint density at radius 1 is 0.660 bits per heavy atom. The first kappa shape index (κ1) is 48.9. The number of amides is 1. The first-order valence-corrected chi connectivity index (χ1v) is 21.0. The molecular weight excluding hydrogens is 670 g/mol. The number of aliphatic hydroxyl groups is 5. The van der Waals surface area contributed by atoms with Gasteiger partial charge >= 0.3 is 0 Å². The first-order valence-electron chi connectivity index (χ1n) is 21.0. The zero-order valence-corrected chi connectivity index (χ0v) is 33.2. The van der Waals surface area contributed by atoms with Gasteiger partial charge in [0.05, 0.1) is 25.4 Å². The zero-order chi connectivity index (χ0) is 38.8. The summed E-state index contributed by atoms with van der Waals surface area (Å²) in [7, 11) is 0. The van der Waals surface area contributed by atoms with Gasteiger partial charge in [-0.25, -0.2) is 0 Å². The Hall–Kier alpha value is -2.11. The van der Waals surface area contributed by atoms with E-state index in [-0.39, 0.29) is 18.9 Å². The van der Waals surface area contributed by atoms with Crippen molar-refractivity contribution < 1.29 is 39.8 Å². The summed E-state index contributed by atoms with van der Waals surface area (Å²) in [6, 6.07) is -0.749. The molecule has 9 nitrogen and oxygen atoms in total. The fraction of sp³-hybridized carbons (Fsp3) is 0.750. The smallest absolute Gasteiger partial charge is 0.220 e. The number of carbonyl (C=O) groups excluding carboxylic acids is 1. The molecule has 7 atom stereocenters. The Bertz CT molecular complexity index is 1010. The van der Waals surface area contributed by atoms with Crippen LogP contribution in [0.25, 0.3) is 0 Å². The highest BCUT2D eigenvalue weighted by Crippen LogP contribution is 2.23. The maximum Gasteiger partial charge on any atom is 0.220 e. The van der Waals surface area contributed by atoms with E-state index in [0.717, 1.165) is 57.8 Å². The quantitative estimate of drug-likeness (QED) is 0.0292. The van der Waals surface area contributed by atoms with Crippen LogP contribution in [0.1, 0.15) is 155 Å². The van der Waals surface area contributed by atoms with Crippen molar-refractivity contribution in [1.29, 1.82) is 0 Å². The van der Waals surface area contributed by atoms with Crippen LogP contribution in [0.15, 0.2) is 60.8 Å². The normalized spacial score (nSPS) is 22.3. The Labute approximate surface area is 322 Å². The van der Waals surface area contributed by atoms with E-state index < -0.39 is 49.5 Å². The number of hydrogen-bond donors (Lipinski definition) is 6. The van der Waals surface area contributed by atoms with E-state index in [1.54, 1.807) is 0 Å². The second-order valence-corrected chi connectivity index (χ2v) is 14.4. The van der Waals surface area contributed by atoms with Crippen LogP contribution in [-0.4, -0.2) is 87.5 Å². The summed E-state index contributed by atoms with van der Waals surface area (Å²) in [5, 5.41) is 54.1. The molecule has 1 saturated heterocycles. The van der Waals surface area contributed by atoms with Gasteiger partial charge in [0, 0.05) is 6.42 Å². The maximum absolute atomic E-state index is 12.9. The lowest BCUT2D eigenvalue weighted by Gasteiger charge is -2.40. The Morgan fingerprint density at radius 3 is 1.66 bits per heavy atom. The van der Waals surface area contributed by atoms with Crippen molar-refractivity contribution in [3.8, 4) is 0 Å². The number of hydrogen-bond acceptors (Lipinski definition) is 8. The van der Waals surface area contributed by atoms with Gasteiger partial charge in [-0.3, -0.25) is 4.79 Å². The van der Waals surface area contributed by atoms with Gasteiger partial charge in [0.2, 0.25) is 5.91 Å². The Balaban J connectivity index is 2.44. The third kappa shape index (κ3) is 25.6. The number of nitrogens with one attached hydrogen (secondary N) is 1. The van der Waals surface area contributed by atoms with Crippen LogP contribution < -0.4 is 5.32 Å². The summed E-state index contributed by atoms with van der Waals surface area (Å²) in [4.78, 5) is 12.9. The van der Waals surface area contributed by atoms with Crippen molar-refractivity contribution in [3.63, 3.8) is 0 Å². The minimum Gasteiger partial charge on any atom is -0.394 e. The standard InChI is InChI=1S/C44H77NO8/c1-3-5-7-9-11-13-15-17-18-19-20-22-24-26-28-30-32-34-40(48)45-37(36-52-44-43(51)42(50)41(49)39(35-46)53-44)38(47)33-31-29-27-25-23-21-16-14-12-10-8-6-4-2/h5,7,11,13,17-18,20,22,26,28,37-39,41-44,46-47,49-51H,3-4,6,8-10,12,14-16,19,21,23-25,27,29-36H2,1-2H3,(H,45,48)/b7-5-,13-11-,18-17-,22-20-,28-26-/t37-,38+,39?,41?,42?,43?,44?/m0/s1. The van der Waals surface area contributed by atoms with Crippen molar-refractivity contribution in [3.05, 3.63) is 60.8 Å². The number of ether oxygens (including phenoxy) is 2. The lowest BCUT2D eigenvalue weighted by Crippen LogP contribution is -2.60. The second kappa shape index (κ2) is 34.4. The number of rotatable bonds is 33. The van der Waals surface area contributed by atoms with Crippen molar-refractivity contribution >= 4 is 5.91 Å². The molecule has 0 saturated carbocycles. The molecular formula is C44H77NO8. The fourth-order valence-electron chi connectivity index (χ4n) is 6.25. The van der Waals surface area contributed by atoms with Gasteiger partial charge in [-0.15, -0.1) is 0 Å². The Kier molecular flexibility index (Phi) is 31.7. The molecule has 6 N–H and O–H groups in total. The van der Waals surface area contributed by atoms with Gasteiger partial charge in [0.1, 0.15) is 24.4 Å². The third-order valence-corrected chi connectivity index (χ3v) is 9.64. The lowest BCUT2D eigenvalue weighted by molar-refractivity contribution is -0.302. The summed E-state index contributed by atoms with van der Waals surface area (Å²) in [6.45, 7) is 3.66. The van der Waals surface area contributed by atoms with Crippen LogP contribution in [0.4, 0.5) is 0 Å². The summed E-state index contributed by atoms with van der Waals surface area (Å²) in [6.07, 6.45) is 36.6. The van der Waals surface area contributed by atoms with Gasteiger partial charge in [0.15, 0.2) is 6.29 Å². The molecule has 0 aromatic rings. The summed E-state index contributed by atoms with van der Waals surface area (Å²) >= 11 is 0. The average Bonchev–Trinajstić information content (AvgIpc) is 3.16. The average molecular weight is 748 g/mol. The Morgan fingerprint density at radius 2 is 1.15 bits per heavy atom. The number of unbranched alkanes of at least 4 members (excludes halogenated alkanes) is 13. The molecule has 306 valence electrons. The number of aliphatic hydroxyl groups excluding tert-OH is 5. The lowest BCUT2D eigenvalue weighted by atomic mass is 9.99. The van der Waals surface area contributed by atoms with Crippen LogP contribution in [0.2, 0.25) is 0 Å². The molecule has 1 aliphatic heterocycles. The summed E-state index contributed by atoms with van der Waals surface area (Å²) in [5.74, 6) is -0.204. The van der Waals surface area contributed by atoms with E-state index in [1.165, 1.54) is 64.2 Å². The van der Waals surface area contributed by atoms with Crippen molar-refractivity contribution in [2.24, 2.45) is 0 Å². The van der Waals surface area contributed by atoms with Crippen LogP contribution in [-0.2, 0) is 14.3 Å². The molecule has 1 amide bonds. The fourth-order valence-corrected chi connectivity index (χ4v) is 6.25. The minimum absolute atomic E-state index is 0.164. The highest BCUT2D eigenvalue weighted by Gasteiger charge is 2.44. The molecule has 9 heteroatoms. The minimum atomic E-state index is -1.56. The van der Waals surface area contributed by atoms with E-state index in [1.807, 2.05) is 0 Å². The SMILES string of the molecule is CC/C=C\C/C=C\C/C=C\C/C=C\C/C=C\CCCC(=O)N[C@@H](COC1OC(CO)C(O)C(O)C1O)[C@H](O)CCCCCCCCCCCCCCC. The molecule has 5 unspecified atom stereocenters. The number of allylic oxidation sites excluding steroid dienone is 10. The molecule has 1 aliphatic rings. The topological polar surface area (TPSA) is 149 Å². The van der Waals surface area contributed by atoms with Crippen LogP contribution >= 0.6 is 0 Å². The van der Waals surface area contributed by atoms with E-state index in [9.17, 15) is 30.3 Å².